The van der Waals surface area contributed by atoms with Crippen molar-refractivity contribution in [2.24, 2.45) is 5.92 Å². The molecule has 8 heteroatoms. The highest BCUT2D eigenvalue weighted by molar-refractivity contribution is 6.31. The monoisotopic (exact) mass is 348 g/mol. The van der Waals surface area contributed by atoms with Gasteiger partial charge in [-0.25, -0.2) is 4.68 Å². The number of nitrogens with zero attached hydrogens (tertiary/aromatic N) is 3. The van der Waals surface area contributed by atoms with Gasteiger partial charge in [0.15, 0.2) is 0 Å². The molecule has 1 amide bonds. The van der Waals surface area contributed by atoms with Crippen molar-refractivity contribution in [1.82, 2.24) is 20.3 Å². The third kappa shape index (κ3) is 3.26. The van der Waals surface area contributed by atoms with Crippen LogP contribution in [-0.2, 0) is 4.79 Å². The summed E-state index contributed by atoms with van der Waals surface area (Å²) in [5, 5.41) is 20.4. The maximum atomic E-state index is 12.6. The van der Waals surface area contributed by atoms with Crippen LogP contribution in [0.2, 0.25) is 5.02 Å². The summed E-state index contributed by atoms with van der Waals surface area (Å²) in [5.41, 5.74) is 1.29. The zero-order valence-corrected chi connectivity index (χ0v) is 13.8. The number of benzene rings is 1. The zero-order valence-electron chi connectivity index (χ0n) is 13.0. The van der Waals surface area contributed by atoms with E-state index in [4.69, 9.17) is 11.6 Å². The van der Waals surface area contributed by atoms with E-state index in [9.17, 15) is 14.7 Å². The number of carboxylic acid groups (broad SMARTS) is 1. The van der Waals surface area contributed by atoms with E-state index in [0.717, 1.165) is 5.56 Å². The molecule has 0 saturated heterocycles. The fourth-order valence-electron chi connectivity index (χ4n) is 3.14. The first kappa shape index (κ1) is 16.4. The number of aromatic nitrogens is 3. The SMILES string of the molecule is Cc1ccc(Cl)cc1C(=O)N[C@@H]1CC(C(=O)O)C[C@@H]1n1ccnn1. The van der Waals surface area contributed by atoms with Crippen LogP contribution in [0.3, 0.4) is 0 Å². The predicted octanol–water partition coefficient (Wildman–Crippen LogP) is 2.07. The molecule has 1 aliphatic rings. The molecular weight excluding hydrogens is 332 g/mol. The lowest BCUT2D eigenvalue weighted by molar-refractivity contribution is -0.141. The van der Waals surface area contributed by atoms with Gasteiger partial charge in [0.25, 0.3) is 5.91 Å². The van der Waals surface area contributed by atoms with E-state index in [1.165, 1.54) is 6.20 Å². The van der Waals surface area contributed by atoms with Crippen molar-refractivity contribution in [2.75, 3.05) is 0 Å². The lowest BCUT2D eigenvalue weighted by Crippen LogP contribution is -2.39. The Bertz CT molecular complexity index is 763. The summed E-state index contributed by atoms with van der Waals surface area (Å²) < 4.78 is 1.61. The minimum Gasteiger partial charge on any atom is -0.481 e. The first-order valence-corrected chi connectivity index (χ1v) is 7.99. The number of hydrogen-bond acceptors (Lipinski definition) is 4. The van der Waals surface area contributed by atoms with Crippen molar-refractivity contribution < 1.29 is 14.7 Å². The molecule has 0 aliphatic heterocycles. The van der Waals surface area contributed by atoms with Crippen molar-refractivity contribution in [2.45, 2.75) is 31.8 Å². The number of carbonyl (C=O) groups is 2. The molecule has 0 bridgehead atoms. The minimum atomic E-state index is -0.865. The Morgan fingerprint density at radius 3 is 2.83 bits per heavy atom. The number of carbonyl (C=O) groups excluding carboxylic acids is 1. The molecule has 1 aromatic heterocycles. The van der Waals surface area contributed by atoms with Gasteiger partial charge in [-0.2, -0.15) is 0 Å². The molecular formula is C16H17ClN4O3. The van der Waals surface area contributed by atoms with Crippen LogP contribution in [0.25, 0.3) is 0 Å². The van der Waals surface area contributed by atoms with E-state index in [2.05, 4.69) is 15.6 Å². The van der Waals surface area contributed by atoms with Gasteiger partial charge >= 0.3 is 5.97 Å². The van der Waals surface area contributed by atoms with Crippen molar-refractivity contribution in [3.63, 3.8) is 0 Å². The molecule has 24 heavy (non-hydrogen) atoms. The maximum Gasteiger partial charge on any atom is 0.306 e. The van der Waals surface area contributed by atoms with Gasteiger partial charge in [-0.3, -0.25) is 9.59 Å². The number of aliphatic carboxylic acids is 1. The molecule has 2 N–H and O–H groups in total. The molecule has 1 heterocycles. The van der Waals surface area contributed by atoms with E-state index >= 15 is 0 Å². The molecule has 0 radical (unpaired) electrons. The van der Waals surface area contributed by atoms with Crippen molar-refractivity contribution in [3.05, 3.63) is 46.7 Å². The topological polar surface area (TPSA) is 97.1 Å². The highest BCUT2D eigenvalue weighted by Gasteiger charge is 2.40. The quantitative estimate of drug-likeness (QED) is 0.881. The second kappa shape index (κ2) is 6.60. The third-order valence-corrected chi connectivity index (χ3v) is 4.65. The molecule has 7 nitrogen and oxygen atoms in total. The van der Waals surface area contributed by atoms with Gasteiger partial charge in [0.2, 0.25) is 0 Å². The van der Waals surface area contributed by atoms with Crippen molar-refractivity contribution in [1.29, 1.82) is 0 Å². The van der Waals surface area contributed by atoms with Gasteiger partial charge in [-0.1, -0.05) is 22.9 Å². The second-order valence-electron chi connectivity index (χ2n) is 6.00. The number of carboxylic acids is 1. The molecule has 1 aromatic carbocycles. The highest BCUT2D eigenvalue weighted by Crippen LogP contribution is 2.35. The first-order valence-electron chi connectivity index (χ1n) is 7.61. The number of nitrogens with one attached hydrogen (secondary N) is 1. The Morgan fingerprint density at radius 1 is 1.38 bits per heavy atom. The Kier molecular flexibility index (Phi) is 4.53. The molecule has 0 spiro atoms. The number of rotatable bonds is 4. The average molecular weight is 349 g/mol. The van der Waals surface area contributed by atoms with Gasteiger partial charge in [-0.05, 0) is 37.5 Å². The van der Waals surface area contributed by atoms with E-state index in [-0.39, 0.29) is 18.0 Å². The zero-order chi connectivity index (χ0) is 17.3. The molecule has 3 atom stereocenters. The highest BCUT2D eigenvalue weighted by atomic mass is 35.5. The molecule has 1 fully saturated rings. The molecule has 1 unspecified atom stereocenters. The summed E-state index contributed by atoms with van der Waals surface area (Å²) in [7, 11) is 0. The van der Waals surface area contributed by atoms with Gasteiger partial charge < -0.3 is 10.4 Å². The largest absolute Gasteiger partial charge is 0.481 e. The van der Waals surface area contributed by atoms with Crippen molar-refractivity contribution in [3.8, 4) is 0 Å². The fraction of sp³-hybridized carbons (Fsp3) is 0.375. The Labute approximate surface area is 143 Å². The molecule has 2 aromatic rings. The number of halogens is 1. The fourth-order valence-corrected chi connectivity index (χ4v) is 3.32. The van der Waals surface area contributed by atoms with Crippen LogP contribution in [0.15, 0.2) is 30.6 Å². The summed E-state index contributed by atoms with van der Waals surface area (Å²) in [6, 6.07) is 4.54. The Morgan fingerprint density at radius 2 is 2.17 bits per heavy atom. The van der Waals surface area contributed by atoms with E-state index in [1.54, 1.807) is 29.1 Å². The number of aryl methyl sites for hydroxylation is 1. The Hall–Kier alpha value is -2.41. The summed E-state index contributed by atoms with van der Waals surface area (Å²) in [5.74, 6) is -1.66. The first-order chi connectivity index (χ1) is 11.5. The third-order valence-electron chi connectivity index (χ3n) is 4.42. The Balaban J connectivity index is 1.82. The maximum absolute atomic E-state index is 12.6. The molecule has 1 saturated carbocycles. The van der Waals surface area contributed by atoms with E-state index < -0.39 is 11.9 Å². The second-order valence-corrected chi connectivity index (χ2v) is 6.43. The molecule has 126 valence electrons. The number of amides is 1. The van der Waals surface area contributed by atoms with Crippen LogP contribution < -0.4 is 5.32 Å². The van der Waals surface area contributed by atoms with Gasteiger partial charge in [0.05, 0.1) is 24.2 Å². The lowest BCUT2D eigenvalue weighted by Gasteiger charge is -2.21. The van der Waals surface area contributed by atoms with Crippen LogP contribution in [0.5, 0.6) is 0 Å². The van der Waals surface area contributed by atoms with Gasteiger partial charge in [0, 0.05) is 16.8 Å². The number of hydrogen-bond donors (Lipinski definition) is 2. The van der Waals surface area contributed by atoms with Crippen molar-refractivity contribution >= 4 is 23.5 Å². The summed E-state index contributed by atoms with van der Waals surface area (Å²) in [6.07, 6.45) is 3.97. The summed E-state index contributed by atoms with van der Waals surface area (Å²) >= 11 is 5.97. The van der Waals surface area contributed by atoms with Crippen LogP contribution in [-0.4, -0.2) is 38.0 Å². The van der Waals surface area contributed by atoms with E-state index in [0.29, 0.717) is 23.4 Å². The van der Waals surface area contributed by atoms with Gasteiger partial charge in [-0.15, -0.1) is 5.10 Å². The summed E-state index contributed by atoms with van der Waals surface area (Å²) in [6.45, 7) is 1.83. The van der Waals surface area contributed by atoms with Crippen LogP contribution in [0.4, 0.5) is 0 Å². The summed E-state index contributed by atoms with van der Waals surface area (Å²) in [4.78, 5) is 23.9. The molecule has 1 aliphatic carbocycles. The van der Waals surface area contributed by atoms with Crippen LogP contribution in [0.1, 0.15) is 34.8 Å². The van der Waals surface area contributed by atoms with E-state index in [1.807, 2.05) is 6.92 Å². The lowest BCUT2D eigenvalue weighted by atomic mass is 10.1. The standard InChI is InChI=1S/C16H17ClN4O3/c1-9-2-3-11(17)8-12(9)15(22)19-13-6-10(16(23)24)7-14(13)21-5-4-18-20-21/h2-5,8,10,13-14H,6-7H2,1H3,(H,19,22)(H,23,24)/t10?,13-,14+/m1/s1. The van der Waals surface area contributed by atoms with Crippen LogP contribution in [0, 0.1) is 12.8 Å². The minimum absolute atomic E-state index is 0.239. The predicted molar refractivity (Wildman–Crippen MR) is 86.9 cm³/mol. The van der Waals surface area contributed by atoms with Gasteiger partial charge in [0.1, 0.15) is 0 Å². The van der Waals surface area contributed by atoms with Crippen LogP contribution >= 0.6 is 11.6 Å². The molecule has 3 rings (SSSR count). The normalized spacial score (nSPS) is 23.2. The average Bonchev–Trinajstić information content (AvgIpc) is 3.18. The smallest absolute Gasteiger partial charge is 0.306 e.